The van der Waals surface area contributed by atoms with Crippen molar-refractivity contribution in [2.45, 2.75) is 38.3 Å². The highest BCUT2D eigenvalue weighted by atomic mass is 19.1. The third-order valence-electron chi connectivity index (χ3n) is 3.34. The standard InChI is InChI=1S/C14H19FN2O2/c1-9(18)6-7-16-14(19)17-13-5-3-10-2-4-11(15)8-12(10)13/h2,4,8-9,13,18H,3,5-7H2,1H3,(H2,16,17,19). The molecule has 4 nitrogen and oxygen atoms in total. The van der Waals surface area contributed by atoms with E-state index < -0.39 is 6.10 Å². The molecular formula is C14H19FN2O2. The molecule has 0 radical (unpaired) electrons. The summed E-state index contributed by atoms with van der Waals surface area (Å²) in [6, 6.07) is 4.31. The zero-order valence-electron chi connectivity index (χ0n) is 10.9. The number of carbonyl (C=O) groups is 1. The number of carbonyl (C=O) groups excluding carboxylic acids is 1. The van der Waals surface area contributed by atoms with Gasteiger partial charge in [0.05, 0.1) is 12.1 Å². The Labute approximate surface area is 112 Å². The van der Waals surface area contributed by atoms with E-state index >= 15 is 0 Å². The van der Waals surface area contributed by atoms with Crippen molar-refractivity contribution < 1.29 is 14.3 Å². The average molecular weight is 266 g/mol. The van der Waals surface area contributed by atoms with Gasteiger partial charge in [0.1, 0.15) is 5.82 Å². The minimum atomic E-state index is -0.429. The number of aliphatic hydroxyl groups is 1. The van der Waals surface area contributed by atoms with Gasteiger partial charge >= 0.3 is 6.03 Å². The molecule has 2 atom stereocenters. The summed E-state index contributed by atoms with van der Waals surface area (Å²) in [4.78, 5) is 11.7. The molecule has 1 aromatic carbocycles. The quantitative estimate of drug-likeness (QED) is 0.779. The van der Waals surface area contributed by atoms with Gasteiger partial charge in [-0.3, -0.25) is 0 Å². The maximum absolute atomic E-state index is 13.2. The normalized spacial score (nSPS) is 18.8. The van der Waals surface area contributed by atoms with Crippen molar-refractivity contribution >= 4 is 6.03 Å². The zero-order chi connectivity index (χ0) is 13.8. The zero-order valence-corrected chi connectivity index (χ0v) is 10.9. The van der Waals surface area contributed by atoms with Crippen molar-refractivity contribution in [2.75, 3.05) is 6.54 Å². The summed E-state index contributed by atoms with van der Waals surface area (Å²) in [5.74, 6) is -0.276. The number of hydrogen-bond acceptors (Lipinski definition) is 2. The number of nitrogens with one attached hydrogen (secondary N) is 2. The maximum Gasteiger partial charge on any atom is 0.315 e. The highest BCUT2D eigenvalue weighted by Gasteiger charge is 2.24. The molecule has 2 rings (SSSR count). The van der Waals surface area contributed by atoms with Gasteiger partial charge in [0, 0.05) is 6.54 Å². The first-order valence-corrected chi connectivity index (χ1v) is 6.57. The Balaban J connectivity index is 1.88. The summed E-state index contributed by atoms with van der Waals surface area (Å²) in [6.45, 7) is 2.10. The number of fused-ring (bicyclic) bond motifs is 1. The molecule has 1 aliphatic rings. The summed E-state index contributed by atoms with van der Waals surface area (Å²) in [5, 5.41) is 14.6. The van der Waals surface area contributed by atoms with Crippen molar-refractivity contribution in [1.82, 2.24) is 10.6 Å². The number of rotatable bonds is 4. The highest BCUT2D eigenvalue weighted by molar-refractivity contribution is 5.74. The topological polar surface area (TPSA) is 61.4 Å². The molecule has 3 N–H and O–H groups in total. The lowest BCUT2D eigenvalue weighted by atomic mass is 10.1. The van der Waals surface area contributed by atoms with Crippen LogP contribution in [0.2, 0.25) is 0 Å². The van der Waals surface area contributed by atoms with E-state index in [0.717, 1.165) is 24.0 Å². The van der Waals surface area contributed by atoms with E-state index in [4.69, 9.17) is 5.11 Å². The van der Waals surface area contributed by atoms with Crippen LogP contribution in [0.4, 0.5) is 9.18 Å². The molecule has 0 spiro atoms. The van der Waals surface area contributed by atoms with Crippen molar-refractivity contribution in [3.8, 4) is 0 Å². The fourth-order valence-corrected chi connectivity index (χ4v) is 2.33. The van der Waals surface area contributed by atoms with Gasteiger partial charge in [-0.05, 0) is 49.4 Å². The van der Waals surface area contributed by atoms with Crippen molar-refractivity contribution in [3.05, 3.63) is 35.1 Å². The van der Waals surface area contributed by atoms with Gasteiger partial charge in [-0.1, -0.05) is 6.07 Å². The Morgan fingerprint density at radius 1 is 1.58 bits per heavy atom. The maximum atomic E-state index is 13.2. The Bertz CT molecular complexity index is 463. The smallest absolute Gasteiger partial charge is 0.315 e. The Morgan fingerprint density at radius 3 is 3.11 bits per heavy atom. The lowest BCUT2D eigenvalue weighted by Crippen LogP contribution is -2.38. The number of halogens is 1. The van der Waals surface area contributed by atoms with Crippen LogP contribution in [0.5, 0.6) is 0 Å². The van der Waals surface area contributed by atoms with Crippen molar-refractivity contribution in [1.29, 1.82) is 0 Å². The van der Waals surface area contributed by atoms with Crippen LogP contribution in [0.1, 0.15) is 36.9 Å². The molecule has 104 valence electrons. The van der Waals surface area contributed by atoms with E-state index in [2.05, 4.69) is 10.6 Å². The number of aryl methyl sites for hydroxylation is 1. The Kier molecular flexibility index (Phi) is 4.37. The van der Waals surface area contributed by atoms with E-state index in [0.29, 0.717) is 13.0 Å². The van der Waals surface area contributed by atoms with Gasteiger partial charge in [0.2, 0.25) is 0 Å². The molecule has 0 saturated carbocycles. The number of aliphatic hydroxyl groups excluding tert-OH is 1. The fraction of sp³-hybridized carbons (Fsp3) is 0.500. The van der Waals surface area contributed by atoms with E-state index in [9.17, 15) is 9.18 Å². The lowest BCUT2D eigenvalue weighted by molar-refractivity contribution is 0.183. The summed E-state index contributed by atoms with van der Waals surface area (Å²) in [5.41, 5.74) is 1.96. The van der Waals surface area contributed by atoms with Crippen LogP contribution in [0.15, 0.2) is 18.2 Å². The molecule has 19 heavy (non-hydrogen) atoms. The monoisotopic (exact) mass is 266 g/mol. The molecule has 5 heteroatoms. The highest BCUT2D eigenvalue weighted by Crippen LogP contribution is 2.31. The largest absolute Gasteiger partial charge is 0.393 e. The van der Waals surface area contributed by atoms with Gasteiger partial charge in [0.15, 0.2) is 0 Å². The van der Waals surface area contributed by atoms with Crippen LogP contribution in [-0.2, 0) is 6.42 Å². The molecule has 2 amide bonds. The molecule has 1 aliphatic carbocycles. The minimum Gasteiger partial charge on any atom is -0.393 e. The second kappa shape index (κ2) is 6.02. The van der Waals surface area contributed by atoms with Gasteiger partial charge in [-0.15, -0.1) is 0 Å². The van der Waals surface area contributed by atoms with E-state index in [1.54, 1.807) is 13.0 Å². The molecule has 0 fully saturated rings. The number of amides is 2. The average Bonchev–Trinajstić information content (AvgIpc) is 2.71. The first-order chi connectivity index (χ1) is 9.06. The molecule has 0 heterocycles. The first-order valence-electron chi connectivity index (χ1n) is 6.57. The van der Waals surface area contributed by atoms with E-state index in [1.807, 2.05) is 0 Å². The lowest BCUT2D eigenvalue weighted by Gasteiger charge is -2.15. The van der Waals surface area contributed by atoms with Gasteiger partial charge in [-0.25, -0.2) is 9.18 Å². The number of urea groups is 1. The van der Waals surface area contributed by atoms with Crippen LogP contribution in [0.25, 0.3) is 0 Å². The summed E-state index contributed by atoms with van der Waals surface area (Å²) >= 11 is 0. The predicted octanol–water partition coefficient (Wildman–Crippen LogP) is 1.88. The summed E-state index contributed by atoms with van der Waals surface area (Å²) in [7, 11) is 0. The van der Waals surface area contributed by atoms with E-state index in [1.165, 1.54) is 12.1 Å². The van der Waals surface area contributed by atoms with E-state index in [-0.39, 0.29) is 17.9 Å². The third kappa shape index (κ3) is 3.67. The Hall–Kier alpha value is -1.62. The number of hydrogen-bond donors (Lipinski definition) is 3. The molecule has 0 aromatic heterocycles. The second-order valence-corrected chi connectivity index (χ2v) is 4.97. The van der Waals surface area contributed by atoms with Crippen LogP contribution >= 0.6 is 0 Å². The van der Waals surface area contributed by atoms with Crippen LogP contribution in [0.3, 0.4) is 0 Å². The SMILES string of the molecule is CC(O)CCNC(=O)NC1CCc2ccc(F)cc21. The molecule has 1 aromatic rings. The number of benzene rings is 1. The van der Waals surface area contributed by atoms with Crippen LogP contribution in [-0.4, -0.2) is 23.8 Å². The fourth-order valence-electron chi connectivity index (χ4n) is 2.33. The Morgan fingerprint density at radius 2 is 2.37 bits per heavy atom. The molecule has 0 bridgehead atoms. The molecule has 0 aliphatic heterocycles. The van der Waals surface area contributed by atoms with Gasteiger partial charge in [-0.2, -0.15) is 0 Å². The molecule has 0 saturated heterocycles. The third-order valence-corrected chi connectivity index (χ3v) is 3.34. The molecular weight excluding hydrogens is 247 g/mol. The van der Waals surface area contributed by atoms with Crippen LogP contribution < -0.4 is 10.6 Å². The first kappa shape index (κ1) is 13.8. The molecule has 2 unspecified atom stereocenters. The second-order valence-electron chi connectivity index (χ2n) is 4.97. The minimum absolute atomic E-state index is 0.128. The van der Waals surface area contributed by atoms with Gasteiger partial charge in [0.25, 0.3) is 0 Å². The van der Waals surface area contributed by atoms with Crippen molar-refractivity contribution in [2.24, 2.45) is 0 Å². The van der Waals surface area contributed by atoms with Crippen LogP contribution in [0, 0.1) is 5.82 Å². The predicted molar refractivity (Wildman–Crippen MR) is 70.3 cm³/mol. The summed E-state index contributed by atoms with van der Waals surface area (Å²) < 4.78 is 13.2. The van der Waals surface area contributed by atoms with Gasteiger partial charge < -0.3 is 15.7 Å². The van der Waals surface area contributed by atoms with Crippen molar-refractivity contribution in [3.63, 3.8) is 0 Å². The summed E-state index contributed by atoms with van der Waals surface area (Å²) in [6.07, 6.45) is 1.74.